The normalized spacial score (nSPS) is 12.4. The maximum Gasteiger partial charge on any atom is 0.171 e. The van der Waals surface area contributed by atoms with Crippen LogP contribution >= 0.6 is 11.6 Å². The van der Waals surface area contributed by atoms with Crippen LogP contribution in [0, 0.1) is 0 Å². The molecular formula is C9H10ClN5. The van der Waals surface area contributed by atoms with Gasteiger partial charge in [-0.15, -0.1) is 0 Å². The molecule has 5 nitrogen and oxygen atoms in total. The summed E-state index contributed by atoms with van der Waals surface area (Å²) in [5.41, 5.74) is 0. The van der Waals surface area contributed by atoms with Gasteiger partial charge in [0.2, 0.25) is 0 Å². The van der Waals surface area contributed by atoms with Crippen LogP contribution in [-0.2, 0) is 0 Å². The maximum absolute atomic E-state index is 5.86. The third-order valence-corrected chi connectivity index (χ3v) is 2.21. The predicted octanol–water partition coefficient (Wildman–Crippen LogP) is 2.03. The number of rotatable bonds is 3. The van der Waals surface area contributed by atoms with E-state index < -0.39 is 0 Å². The van der Waals surface area contributed by atoms with Gasteiger partial charge < -0.3 is 10.3 Å². The van der Waals surface area contributed by atoms with Crippen molar-refractivity contribution in [3.63, 3.8) is 0 Å². The van der Waals surface area contributed by atoms with E-state index in [-0.39, 0.29) is 6.04 Å². The monoisotopic (exact) mass is 223 g/mol. The molecule has 0 bridgehead atoms. The van der Waals surface area contributed by atoms with Crippen molar-refractivity contribution >= 4 is 17.4 Å². The van der Waals surface area contributed by atoms with Gasteiger partial charge in [0.25, 0.3) is 0 Å². The summed E-state index contributed by atoms with van der Waals surface area (Å²) in [7, 11) is 0. The van der Waals surface area contributed by atoms with Crippen molar-refractivity contribution < 1.29 is 0 Å². The predicted molar refractivity (Wildman–Crippen MR) is 57.7 cm³/mol. The molecule has 1 atom stereocenters. The highest BCUT2D eigenvalue weighted by molar-refractivity contribution is 6.31. The zero-order valence-electron chi connectivity index (χ0n) is 8.11. The van der Waals surface area contributed by atoms with Gasteiger partial charge in [-0.3, -0.25) is 0 Å². The molecule has 0 amide bonds. The molecule has 78 valence electrons. The quantitative estimate of drug-likeness (QED) is 0.836. The summed E-state index contributed by atoms with van der Waals surface area (Å²) in [6, 6.07) is 0.00852. The molecule has 0 fully saturated rings. The van der Waals surface area contributed by atoms with Crippen LogP contribution in [0.4, 0.5) is 5.82 Å². The molecule has 0 spiro atoms. The van der Waals surface area contributed by atoms with Gasteiger partial charge in [0.05, 0.1) is 6.04 Å². The molecule has 0 aromatic carbocycles. The number of anilines is 1. The molecule has 2 aromatic rings. The Morgan fingerprint density at radius 1 is 1.27 bits per heavy atom. The van der Waals surface area contributed by atoms with Crippen molar-refractivity contribution in [1.82, 2.24) is 19.9 Å². The van der Waals surface area contributed by atoms with E-state index in [0.29, 0.717) is 11.0 Å². The highest BCUT2D eigenvalue weighted by Crippen LogP contribution is 2.19. The Bertz CT molecular complexity index is 428. The van der Waals surface area contributed by atoms with Crippen LogP contribution in [0.25, 0.3) is 0 Å². The largest absolute Gasteiger partial charge is 0.358 e. The Hall–Kier alpha value is -1.62. The van der Waals surface area contributed by atoms with Crippen molar-refractivity contribution in [3.8, 4) is 0 Å². The minimum absolute atomic E-state index is 0.00852. The number of H-pyrrole nitrogens is 1. The number of aromatic nitrogens is 4. The van der Waals surface area contributed by atoms with Crippen LogP contribution in [0.15, 0.2) is 24.8 Å². The smallest absolute Gasteiger partial charge is 0.171 e. The maximum atomic E-state index is 5.86. The number of hydrogen-bond acceptors (Lipinski definition) is 4. The van der Waals surface area contributed by atoms with Gasteiger partial charge >= 0.3 is 0 Å². The summed E-state index contributed by atoms with van der Waals surface area (Å²) in [4.78, 5) is 15.1. The number of nitrogens with one attached hydrogen (secondary N) is 2. The fraction of sp³-hybridized carbons (Fsp3) is 0.222. The molecule has 2 N–H and O–H groups in total. The van der Waals surface area contributed by atoms with E-state index in [0.717, 1.165) is 5.82 Å². The molecule has 0 aliphatic carbocycles. The second-order valence-electron chi connectivity index (χ2n) is 3.04. The Balaban J connectivity index is 2.13. The van der Waals surface area contributed by atoms with Crippen LogP contribution in [0.5, 0.6) is 0 Å². The molecule has 0 aliphatic heterocycles. The lowest BCUT2D eigenvalue weighted by molar-refractivity contribution is 0.802. The minimum atomic E-state index is 0.00852. The van der Waals surface area contributed by atoms with Crippen molar-refractivity contribution in [1.29, 1.82) is 0 Å². The van der Waals surface area contributed by atoms with E-state index in [4.69, 9.17) is 11.6 Å². The van der Waals surface area contributed by atoms with Gasteiger partial charge in [-0.05, 0) is 6.92 Å². The molecule has 0 saturated carbocycles. The van der Waals surface area contributed by atoms with Crippen LogP contribution in [-0.4, -0.2) is 19.9 Å². The molecule has 15 heavy (non-hydrogen) atoms. The summed E-state index contributed by atoms with van der Waals surface area (Å²) in [5, 5.41) is 3.47. The van der Waals surface area contributed by atoms with Gasteiger partial charge in [0.1, 0.15) is 5.82 Å². The van der Waals surface area contributed by atoms with Crippen LogP contribution in [0.2, 0.25) is 5.15 Å². The molecular weight excluding hydrogens is 214 g/mol. The van der Waals surface area contributed by atoms with Crippen molar-refractivity contribution in [2.24, 2.45) is 0 Å². The van der Waals surface area contributed by atoms with E-state index in [9.17, 15) is 0 Å². The standard InChI is InChI=1S/C9H10ClN5/c1-6(8-12-4-5-13-8)15-9-7(10)11-2-3-14-9/h2-6H,1H3,(H,12,13)(H,14,15). The molecule has 1 unspecified atom stereocenters. The SMILES string of the molecule is CC(Nc1nccnc1Cl)c1ncc[nH]1. The topological polar surface area (TPSA) is 66.5 Å². The first-order valence-corrected chi connectivity index (χ1v) is 4.87. The average Bonchev–Trinajstić information content (AvgIpc) is 2.74. The van der Waals surface area contributed by atoms with Gasteiger partial charge in [-0.1, -0.05) is 11.6 Å². The second-order valence-corrected chi connectivity index (χ2v) is 3.39. The van der Waals surface area contributed by atoms with Gasteiger partial charge in [0, 0.05) is 24.8 Å². The van der Waals surface area contributed by atoms with Crippen molar-refractivity contribution in [2.75, 3.05) is 5.32 Å². The first-order chi connectivity index (χ1) is 7.27. The van der Waals surface area contributed by atoms with Crippen molar-refractivity contribution in [2.45, 2.75) is 13.0 Å². The first kappa shape index (κ1) is 9.92. The van der Waals surface area contributed by atoms with Gasteiger partial charge in [-0.2, -0.15) is 0 Å². The van der Waals surface area contributed by atoms with E-state index in [1.165, 1.54) is 0 Å². The lowest BCUT2D eigenvalue weighted by atomic mass is 10.3. The summed E-state index contributed by atoms with van der Waals surface area (Å²) >= 11 is 5.86. The summed E-state index contributed by atoms with van der Waals surface area (Å²) in [6.07, 6.45) is 6.60. The molecule has 6 heteroatoms. The van der Waals surface area contributed by atoms with E-state index in [1.807, 2.05) is 6.92 Å². The van der Waals surface area contributed by atoms with E-state index >= 15 is 0 Å². The lowest BCUT2D eigenvalue weighted by Gasteiger charge is -2.12. The third-order valence-electron chi connectivity index (χ3n) is 1.94. The fourth-order valence-electron chi connectivity index (χ4n) is 1.21. The molecule has 2 rings (SSSR count). The van der Waals surface area contributed by atoms with E-state index in [2.05, 4.69) is 25.3 Å². The second kappa shape index (κ2) is 4.27. The first-order valence-electron chi connectivity index (χ1n) is 4.49. The fourth-order valence-corrected chi connectivity index (χ4v) is 1.37. The number of halogens is 1. The zero-order valence-corrected chi connectivity index (χ0v) is 8.86. The molecule has 0 aliphatic rings. The highest BCUT2D eigenvalue weighted by Gasteiger charge is 2.10. The summed E-state index contributed by atoms with van der Waals surface area (Å²) in [6.45, 7) is 1.96. The Kier molecular flexibility index (Phi) is 2.82. The molecule has 0 saturated heterocycles. The Morgan fingerprint density at radius 3 is 2.73 bits per heavy atom. The Labute approximate surface area is 91.9 Å². The molecule has 2 heterocycles. The van der Waals surface area contributed by atoms with Crippen LogP contribution in [0.3, 0.4) is 0 Å². The number of nitrogens with zero attached hydrogens (tertiary/aromatic N) is 3. The lowest BCUT2D eigenvalue weighted by Crippen LogP contribution is -2.10. The van der Waals surface area contributed by atoms with Crippen molar-refractivity contribution in [3.05, 3.63) is 35.8 Å². The van der Waals surface area contributed by atoms with Crippen LogP contribution < -0.4 is 5.32 Å². The van der Waals surface area contributed by atoms with Gasteiger partial charge in [-0.25, -0.2) is 15.0 Å². The van der Waals surface area contributed by atoms with E-state index in [1.54, 1.807) is 24.8 Å². The molecule has 0 radical (unpaired) electrons. The van der Waals surface area contributed by atoms with Gasteiger partial charge in [0.15, 0.2) is 11.0 Å². The number of hydrogen-bond donors (Lipinski definition) is 2. The highest BCUT2D eigenvalue weighted by atomic mass is 35.5. The average molecular weight is 224 g/mol. The zero-order chi connectivity index (χ0) is 10.7. The number of aromatic amines is 1. The number of imidazole rings is 1. The molecule has 2 aromatic heterocycles. The van der Waals surface area contributed by atoms with Crippen LogP contribution in [0.1, 0.15) is 18.8 Å². The summed E-state index contributed by atoms with van der Waals surface area (Å²) < 4.78 is 0. The third kappa shape index (κ3) is 2.24. The Morgan fingerprint density at radius 2 is 2.07 bits per heavy atom. The minimum Gasteiger partial charge on any atom is -0.358 e. The summed E-state index contributed by atoms with van der Waals surface area (Å²) in [5.74, 6) is 1.39.